The molecule has 3 aromatic rings. The van der Waals surface area contributed by atoms with Crippen LogP contribution >= 0.6 is 0 Å². The lowest BCUT2D eigenvalue weighted by atomic mass is 9.52. The molecule has 3 aliphatic carbocycles. The van der Waals surface area contributed by atoms with Crippen molar-refractivity contribution in [2.75, 3.05) is 19.0 Å². The molecule has 34 heavy (non-hydrogen) atoms. The first kappa shape index (κ1) is 22.9. The maximum absolute atomic E-state index is 5.49. The van der Waals surface area contributed by atoms with Crippen molar-refractivity contribution in [2.45, 2.75) is 77.2 Å². The Balaban J connectivity index is 1.25. The van der Waals surface area contributed by atoms with Crippen molar-refractivity contribution in [3.8, 4) is 16.9 Å². The number of fused-ring (bicyclic) bond motifs is 3. The van der Waals surface area contributed by atoms with E-state index in [1.165, 1.54) is 49.7 Å². The van der Waals surface area contributed by atoms with Crippen LogP contribution in [-0.4, -0.2) is 28.4 Å². The normalized spacial score (nSPS) is 24.3. The van der Waals surface area contributed by atoms with Gasteiger partial charge in [0.15, 0.2) is 0 Å². The number of nitrogens with one attached hydrogen (secondary N) is 1. The van der Waals surface area contributed by atoms with E-state index in [4.69, 9.17) is 4.74 Å². The Hall–Kier alpha value is -2.82. The van der Waals surface area contributed by atoms with E-state index in [0.29, 0.717) is 10.8 Å². The predicted molar refractivity (Wildman–Crippen MR) is 138 cm³/mol. The largest absolute Gasteiger partial charge is 0.496 e. The second-order valence-corrected chi connectivity index (χ2v) is 11.6. The fraction of sp³-hybridized carbons (Fsp3) is 0.517. The minimum Gasteiger partial charge on any atom is -0.496 e. The first-order valence-electron chi connectivity index (χ1n) is 12.6. The number of ether oxygens (including phenoxy) is 1. The summed E-state index contributed by atoms with van der Waals surface area (Å²) in [4.78, 5) is 4.62. The minimum atomic E-state index is -0.0206. The first-order valence-corrected chi connectivity index (χ1v) is 12.6. The number of nitrogens with zero attached hydrogens (tertiary/aromatic N) is 3. The minimum absolute atomic E-state index is 0.0206. The second-order valence-electron chi connectivity index (χ2n) is 11.6. The van der Waals surface area contributed by atoms with Crippen LogP contribution in [0.25, 0.3) is 11.1 Å². The summed E-state index contributed by atoms with van der Waals surface area (Å²) < 4.78 is 7.51. The third-order valence-corrected chi connectivity index (χ3v) is 8.42. The highest BCUT2D eigenvalue weighted by Crippen LogP contribution is 2.58. The van der Waals surface area contributed by atoms with E-state index in [-0.39, 0.29) is 5.54 Å². The molecule has 0 amide bonds. The molecule has 5 nitrogen and oxygen atoms in total. The highest BCUT2D eigenvalue weighted by molar-refractivity contribution is 5.65. The van der Waals surface area contributed by atoms with Crippen LogP contribution in [0.3, 0.4) is 0 Å². The standard InChI is InChI=1S/C29H38N4O/c1-21-16-24(6-7-25(21)34-5)29-12-9-28(10-13-29,11-14-29)20-31-26-17-22(8-15-30-26)23-18-32-33(19-23)27(2,3)4/h6-8,15-19H,9-14,20H2,1-5H3,(H,30,31). The zero-order chi connectivity index (χ0) is 24.0. The Kier molecular flexibility index (Phi) is 5.70. The topological polar surface area (TPSA) is 52.0 Å². The molecule has 2 heterocycles. The van der Waals surface area contributed by atoms with Crippen molar-refractivity contribution in [3.05, 3.63) is 60.0 Å². The van der Waals surface area contributed by atoms with Crippen LogP contribution in [0.5, 0.6) is 5.75 Å². The quantitative estimate of drug-likeness (QED) is 0.445. The molecule has 2 aromatic heterocycles. The molecule has 1 N–H and O–H groups in total. The third-order valence-electron chi connectivity index (χ3n) is 8.42. The number of aromatic nitrogens is 3. The van der Waals surface area contributed by atoms with Crippen LogP contribution in [0, 0.1) is 12.3 Å². The van der Waals surface area contributed by atoms with E-state index < -0.39 is 0 Å². The number of pyridine rings is 1. The van der Waals surface area contributed by atoms with Gasteiger partial charge in [0.05, 0.1) is 18.8 Å². The molecule has 3 fully saturated rings. The van der Waals surface area contributed by atoms with E-state index in [2.05, 4.69) is 79.6 Å². The molecule has 0 aliphatic heterocycles. The maximum Gasteiger partial charge on any atom is 0.126 e. The van der Waals surface area contributed by atoms with Crippen LogP contribution < -0.4 is 10.1 Å². The monoisotopic (exact) mass is 458 g/mol. The SMILES string of the molecule is COc1ccc(C23CCC(CNc4cc(-c5cnn(C(C)(C)C)c5)ccn4)(CC2)CC3)cc1C. The van der Waals surface area contributed by atoms with Crippen molar-refractivity contribution in [3.63, 3.8) is 0 Å². The molecule has 0 atom stereocenters. The second kappa shape index (κ2) is 8.44. The number of hydrogen-bond donors (Lipinski definition) is 1. The van der Waals surface area contributed by atoms with Gasteiger partial charge in [-0.2, -0.15) is 5.10 Å². The average Bonchev–Trinajstić information content (AvgIpc) is 3.36. The molecular weight excluding hydrogens is 420 g/mol. The summed E-state index contributed by atoms with van der Waals surface area (Å²) in [6, 6.07) is 11.1. The summed E-state index contributed by atoms with van der Waals surface area (Å²) in [5.74, 6) is 1.95. The molecule has 6 rings (SSSR count). The van der Waals surface area contributed by atoms with Gasteiger partial charge in [0.25, 0.3) is 0 Å². The van der Waals surface area contributed by atoms with Gasteiger partial charge in [0, 0.05) is 24.5 Å². The van der Waals surface area contributed by atoms with Crippen LogP contribution in [0.4, 0.5) is 5.82 Å². The molecule has 5 heteroatoms. The number of hydrogen-bond acceptors (Lipinski definition) is 4. The lowest BCUT2D eigenvalue weighted by molar-refractivity contribution is 0.0505. The summed E-state index contributed by atoms with van der Waals surface area (Å²) >= 11 is 0. The predicted octanol–water partition coefficient (Wildman–Crippen LogP) is 6.72. The Morgan fingerprint density at radius 1 is 1.00 bits per heavy atom. The van der Waals surface area contributed by atoms with E-state index in [9.17, 15) is 0 Å². The number of benzene rings is 1. The summed E-state index contributed by atoms with van der Waals surface area (Å²) in [5.41, 5.74) is 5.77. The molecule has 2 bridgehead atoms. The zero-order valence-electron chi connectivity index (χ0n) is 21.3. The molecule has 3 aliphatic rings. The van der Waals surface area contributed by atoms with Gasteiger partial charge >= 0.3 is 0 Å². The van der Waals surface area contributed by atoms with Crippen LogP contribution in [0.15, 0.2) is 48.9 Å². The Labute approximate surface area is 203 Å². The average molecular weight is 459 g/mol. The summed E-state index contributed by atoms with van der Waals surface area (Å²) in [7, 11) is 1.76. The Bertz CT molecular complexity index is 1150. The highest BCUT2D eigenvalue weighted by Gasteiger charge is 2.49. The molecule has 0 saturated heterocycles. The first-order chi connectivity index (χ1) is 16.2. The molecule has 3 saturated carbocycles. The zero-order valence-corrected chi connectivity index (χ0v) is 21.3. The summed E-state index contributed by atoms with van der Waals surface area (Å²) in [6.07, 6.45) is 13.7. The van der Waals surface area contributed by atoms with Gasteiger partial charge in [0.1, 0.15) is 11.6 Å². The summed E-state index contributed by atoms with van der Waals surface area (Å²) in [5, 5.41) is 8.26. The molecule has 180 valence electrons. The van der Waals surface area contributed by atoms with Crippen LogP contribution in [0.1, 0.15) is 70.4 Å². The molecule has 0 radical (unpaired) electrons. The smallest absolute Gasteiger partial charge is 0.126 e. The number of rotatable bonds is 6. The lowest BCUT2D eigenvalue weighted by Crippen LogP contribution is -2.47. The van der Waals surface area contributed by atoms with E-state index in [0.717, 1.165) is 29.2 Å². The Morgan fingerprint density at radius 3 is 2.35 bits per heavy atom. The van der Waals surface area contributed by atoms with E-state index in [1.807, 2.05) is 17.1 Å². The van der Waals surface area contributed by atoms with Crippen molar-refractivity contribution in [2.24, 2.45) is 5.41 Å². The number of anilines is 1. The van der Waals surface area contributed by atoms with Gasteiger partial charge in [-0.05, 0) is 112 Å². The van der Waals surface area contributed by atoms with Crippen LogP contribution in [-0.2, 0) is 11.0 Å². The Morgan fingerprint density at radius 2 is 1.74 bits per heavy atom. The van der Waals surface area contributed by atoms with Gasteiger partial charge in [-0.25, -0.2) is 4.98 Å². The molecular formula is C29H38N4O. The van der Waals surface area contributed by atoms with Gasteiger partial charge in [-0.1, -0.05) is 12.1 Å². The van der Waals surface area contributed by atoms with Crippen LogP contribution in [0.2, 0.25) is 0 Å². The third kappa shape index (κ3) is 4.21. The van der Waals surface area contributed by atoms with E-state index >= 15 is 0 Å². The molecule has 1 aromatic carbocycles. The van der Waals surface area contributed by atoms with Crippen molar-refractivity contribution in [1.29, 1.82) is 0 Å². The van der Waals surface area contributed by atoms with Crippen molar-refractivity contribution in [1.82, 2.24) is 14.8 Å². The van der Waals surface area contributed by atoms with Gasteiger partial charge in [0.2, 0.25) is 0 Å². The van der Waals surface area contributed by atoms with E-state index in [1.54, 1.807) is 7.11 Å². The molecule has 0 spiro atoms. The van der Waals surface area contributed by atoms with Gasteiger partial charge < -0.3 is 10.1 Å². The lowest BCUT2D eigenvalue weighted by Gasteiger charge is -2.54. The maximum atomic E-state index is 5.49. The van der Waals surface area contributed by atoms with Crippen molar-refractivity contribution >= 4 is 5.82 Å². The number of aryl methyl sites for hydroxylation is 1. The fourth-order valence-electron chi connectivity index (χ4n) is 5.99. The number of methoxy groups -OCH3 is 1. The van der Waals surface area contributed by atoms with Gasteiger partial charge in [-0.15, -0.1) is 0 Å². The highest BCUT2D eigenvalue weighted by atomic mass is 16.5. The summed E-state index contributed by atoms with van der Waals surface area (Å²) in [6.45, 7) is 9.67. The van der Waals surface area contributed by atoms with Gasteiger partial charge in [-0.3, -0.25) is 4.68 Å². The van der Waals surface area contributed by atoms with Crippen molar-refractivity contribution < 1.29 is 4.74 Å². The fourth-order valence-corrected chi connectivity index (χ4v) is 5.99. The molecule has 0 unspecified atom stereocenters.